The van der Waals surface area contributed by atoms with Crippen LogP contribution in [0, 0.1) is 0 Å². The molecule has 0 atom stereocenters. The third kappa shape index (κ3) is 3.13. The molecule has 2 aliphatic rings. The smallest absolute Gasteiger partial charge is 0.329 e. The molecule has 1 aromatic rings. The second kappa shape index (κ2) is 6.86. The number of carboxylic acid groups (broad SMARTS) is 1. The van der Waals surface area contributed by atoms with Gasteiger partial charge in [0.15, 0.2) is 0 Å². The quantitative estimate of drug-likeness (QED) is 0.908. The van der Waals surface area contributed by atoms with Gasteiger partial charge in [0.05, 0.1) is 0 Å². The van der Waals surface area contributed by atoms with E-state index in [1.807, 2.05) is 24.3 Å². The molecular formula is C19H24N2O4. The van der Waals surface area contributed by atoms with Gasteiger partial charge in [0.25, 0.3) is 0 Å². The van der Waals surface area contributed by atoms with Crippen LogP contribution in [0.1, 0.15) is 44.1 Å². The number of nitrogens with zero attached hydrogens (tertiary/aromatic N) is 2. The zero-order chi connectivity index (χ0) is 18.0. The molecule has 25 heavy (non-hydrogen) atoms. The molecule has 0 aromatic heterocycles. The summed E-state index contributed by atoms with van der Waals surface area (Å²) in [6, 6.07) is 7.57. The van der Waals surface area contributed by atoms with E-state index in [0.717, 1.165) is 30.5 Å². The zero-order valence-electron chi connectivity index (χ0n) is 14.5. The highest BCUT2D eigenvalue weighted by Crippen LogP contribution is 2.34. The van der Waals surface area contributed by atoms with Crippen molar-refractivity contribution in [3.05, 3.63) is 29.8 Å². The molecule has 1 fully saturated rings. The van der Waals surface area contributed by atoms with Crippen LogP contribution in [0.4, 0.5) is 5.69 Å². The summed E-state index contributed by atoms with van der Waals surface area (Å²) in [7, 11) is 1.56. The molecule has 6 heteroatoms. The molecule has 0 spiro atoms. The van der Waals surface area contributed by atoms with E-state index in [0.29, 0.717) is 25.7 Å². The number of hydrogen-bond donors (Lipinski definition) is 1. The number of carboxylic acids is 1. The Morgan fingerprint density at radius 2 is 1.84 bits per heavy atom. The van der Waals surface area contributed by atoms with E-state index in [4.69, 9.17) is 0 Å². The Kier molecular flexibility index (Phi) is 4.79. The highest BCUT2D eigenvalue weighted by atomic mass is 16.4. The Balaban J connectivity index is 1.82. The standard InChI is InChI=1S/C19H24N2O4/c1-20(19(18(24)25)11-5-2-6-12-19)17(23)13-21-15-8-4-3-7-14(15)9-10-16(21)22/h3-4,7-8H,2,5-6,9-13H2,1H3,(H,24,25). The normalized spacial score (nSPS) is 19.2. The van der Waals surface area contributed by atoms with Crippen LogP contribution in [0.25, 0.3) is 0 Å². The Morgan fingerprint density at radius 3 is 2.52 bits per heavy atom. The Bertz CT molecular complexity index is 694. The molecule has 1 aliphatic heterocycles. The minimum Gasteiger partial charge on any atom is -0.479 e. The predicted octanol–water partition coefficient (Wildman–Crippen LogP) is 2.21. The largest absolute Gasteiger partial charge is 0.479 e. The molecular weight excluding hydrogens is 320 g/mol. The van der Waals surface area contributed by atoms with Crippen LogP contribution in [0.3, 0.4) is 0 Å². The molecule has 0 bridgehead atoms. The van der Waals surface area contributed by atoms with Gasteiger partial charge in [-0.05, 0) is 30.9 Å². The maximum Gasteiger partial charge on any atom is 0.329 e. The molecule has 3 rings (SSSR count). The van der Waals surface area contributed by atoms with E-state index in [-0.39, 0.29) is 18.4 Å². The first-order valence-corrected chi connectivity index (χ1v) is 8.84. The first kappa shape index (κ1) is 17.5. The molecule has 1 heterocycles. The van der Waals surface area contributed by atoms with Gasteiger partial charge in [0.2, 0.25) is 11.8 Å². The molecule has 0 unspecified atom stereocenters. The van der Waals surface area contributed by atoms with Crippen molar-refractivity contribution in [3.8, 4) is 0 Å². The fourth-order valence-corrected chi connectivity index (χ4v) is 3.98. The van der Waals surface area contributed by atoms with E-state index < -0.39 is 11.5 Å². The summed E-state index contributed by atoms with van der Waals surface area (Å²) in [5.74, 6) is -1.36. The van der Waals surface area contributed by atoms with Crippen molar-refractivity contribution in [1.82, 2.24) is 4.90 Å². The number of benzene rings is 1. The molecule has 0 radical (unpaired) electrons. The number of hydrogen-bond acceptors (Lipinski definition) is 3. The van der Waals surface area contributed by atoms with Crippen LogP contribution < -0.4 is 4.90 Å². The monoisotopic (exact) mass is 344 g/mol. The average Bonchev–Trinajstić information content (AvgIpc) is 2.63. The molecule has 1 aliphatic carbocycles. The van der Waals surface area contributed by atoms with Gasteiger partial charge in [-0.3, -0.25) is 9.59 Å². The van der Waals surface area contributed by atoms with Crippen LogP contribution in [0.2, 0.25) is 0 Å². The second-order valence-corrected chi connectivity index (χ2v) is 6.96. The van der Waals surface area contributed by atoms with Crippen LogP contribution >= 0.6 is 0 Å². The zero-order valence-corrected chi connectivity index (χ0v) is 14.5. The van der Waals surface area contributed by atoms with Crippen molar-refractivity contribution >= 4 is 23.5 Å². The van der Waals surface area contributed by atoms with Gasteiger partial charge in [-0.15, -0.1) is 0 Å². The predicted molar refractivity (Wildman–Crippen MR) is 93.3 cm³/mol. The number of anilines is 1. The lowest BCUT2D eigenvalue weighted by Crippen LogP contribution is -2.58. The summed E-state index contributed by atoms with van der Waals surface area (Å²) in [6.45, 7) is -0.110. The van der Waals surface area contributed by atoms with Crippen molar-refractivity contribution in [2.24, 2.45) is 0 Å². The SMILES string of the molecule is CN(C(=O)CN1C(=O)CCc2ccccc21)C1(C(=O)O)CCCCC1. The van der Waals surface area contributed by atoms with Gasteiger partial charge in [0.1, 0.15) is 12.1 Å². The lowest BCUT2D eigenvalue weighted by molar-refractivity contribution is -0.159. The van der Waals surface area contributed by atoms with Gasteiger partial charge in [-0.2, -0.15) is 0 Å². The van der Waals surface area contributed by atoms with Crippen LogP contribution in [0.5, 0.6) is 0 Å². The molecule has 1 aromatic carbocycles. The van der Waals surface area contributed by atoms with E-state index in [1.54, 1.807) is 7.05 Å². The van der Waals surface area contributed by atoms with Crippen LogP contribution in [-0.2, 0) is 20.8 Å². The molecule has 2 amide bonds. The number of aryl methyl sites for hydroxylation is 1. The van der Waals surface area contributed by atoms with Crippen molar-refractivity contribution in [1.29, 1.82) is 0 Å². The summed E-state index contributed by atoms with van der Waals surface area (Å²) in [6.07, 6.45) is 4.58. The summed E-state index contributed by atoms with van der Waals surface area (Å²) in [5.41, 5.74) is 0.657. The summed E-state index contributed by atoms with van der Waals surface area (Å²) in [5, 5.41) is 9.75. The lowest BCUT2D eigenvalue weighted by atomic mass is 9.80. The third-order valence-corrected chi connectivity index (χ3v) is 5.58. The minimum atomic E-state index is -1.15. The number of para-hydroxylation sites is 1. The minimum absolute atomic E-state index is 0.0894. The van der Waals surface area contributed by atoms with Gasteiger partial charge in [-0.1, -0.05) is 37.5 Å². The molecule has 0 saturated heterocycles. The number of likely N-dealkylation sites (N-methyl/N-ethyl adjacent to an activating group) is 1. The number of rotatable bonds is 4. The second-order valence-electron chi connectivity index (χ2n) is 6.96. The average molecular weight is 344 g/mol. The third-order valence-electron chi connectivity index (χ3n) is 5.58. The Labute approximate surface area is 147 Å². The van der Waals surface area contributed by atoms with Gasteiger partial charge in [-0.25, -0.2) is 4.79 Å². The van der Waals surface area contributed by atoms with Crippen molar-refractivity contribution < 1.29 is 19.5 Å². The number of carbonyl (C=O) groups is 3. The fourth-order valence-electron chi connectivity index (χ4n) is 3.98. The summed E-state index contributed by atoms with van der Waals surface area (Å²) >= 11 is 0. The molecule has 6 nitrogen and oxygen atoms in total. The molecule has 1 N–H and O–H groups in total. The van der Waals surface area contributed by atoms with Gasteiger partial charge in [0, 0.05) is 19.2 Å². The van der Waals surface area contributed by atoms with E-state index in [2.05, 4.69) is 0 Å². The Morgan fingerprint density at radius 1 is 1.16 bits per heavy atom. The number of aliphatic carboxylic acids is 1. The lowest BCUT2D eigenvalue weighted by Gasteiger charge is -2.42. The topological polar surface area (TPSA) is 77.9 Å². The fraction of sp³-hybridized carbons (Fsp3) is 0.526. The van der Waals surface area contributed by atoms with Crippen LogP contribution in [-0.4, -0.2) is 46.9 Å². The highest BCUT2D eigenvalue weighted by molar-refractivity contribution is 6.01. The van der Waals surface area contributed by atoms with E-state index in [9.17, 15) is 19.5 Å². The van der Waals surface area contributed by atoms with E-state index in [1.165, 1.54) is 9.80 Å². The highest BCUT2D eigenvalue weighted by Gasteiger charge is 2.45. The van der Waals surface area contributed by atoms with Gasteiger partial charge >= 0.3 is 5.97 Å². The van der Waals surface area contributed by atoms with Crippen molar-refractivity contribution in [2.75, 3.05) is 18.5 Å². The van der Waals surface area contributed by atoms with Crippen molar-refractivity contribution in [3.63, 3.8) is 0 Å². The van der Waals surface area contributed by atoms with E-state index >= 15 is 0 Å². The first-order chi connectivity index (χ1) is 12.0. The number of amides is 2. The first-order valence-electron chi connectivity index (χ1n) is 8.84. The molecule has 1 saturated carbocycles. The van der Waals surface area contributed by atoms with Crippen LogP contribution in [0.15, 0.2) is 24.3 Å². The Hall–Kier alpha value is -2.37. The number of fused-ring (bicyclic) bond motifs is 1. The summed E-state index contributed by atoms with van der Waals surface area (Å²) < 4.78 is 0. The molecule has 134 valence electrons. The number of carbonyl (C=O) groups excluding carboxylic acids is 2. The summed E-state index contributed by atoms with van der Waals surface area (Å²) in [4.78, 5) is 39.9. The van der Waals surface area contributed by atoms with Crippen molar-refractivity contribution in [2.45, 2.75) is 50.5 Å². The maximum atomic E-state index is 12.8. The maximum absolute atomic E-state index is 12.8. The van der Waals surface area contributed by atoms with Gasteiger partial charge < -0.3 is 14.9 Å².